The summed E-state index contributed by atoms with van der Waals surface area (Å²) in [6.45, 7) is 3.67. The molecule has 0 saturated carbocycles. The molecule has 1 heterocycles. The first-order chi connectivity index (χ1) is 11.0. The quantitative estimate of drug-likeness (QED) is 0.426. The molecule has 6 atom stereocenters. The Labute approximate surface area is 139 Å². The molecule has 1 aliphatic heterocycles. The fourth-order valence-corrected chi connectivity index (χ4v) is 2.87. The minimum Gasteiger partial charge on any atom is -0.394 e. The lowest BCUT2D eigenvalue weighted by molar-refractivity contribution is -0.310. The molecule has 4 N–H and O–H groups in total. The van der Waals surface area contributed by atoms with Crippen LogP contribution in [0.5, 0.6) is 0 Å². The minimum absolute atomic E-state index is 0.118. The van der Waals surface area contributed by atoms with Gasteiger partial charge in [-0.15, -0.1) is 0 Å². The lowest BCUT2D eigenvalue weighted by Crippen LogP contribution is -2.59. The van der Waals surface area contributed by atoms with E-state index in [1.165, 1.54) is 32.1 Å². The largest absolute Gasteiger partial charge is 0.394 e. The van der Waals surface area contributed by atoms with Crippen LogP contribution in [0.2, 0.25) is 0 Å². The van der Waals surface area contributed by atoms with Crippen molar-refractivity contribution in [3.05, 3.63) is 0 Å². The maximum absolute atomic E-state index is 9.92. The third-order valence-electron chi connectivity index (χ3n) is 4.43. The maximum atomic E-state index is 9.92. The molecule has 0 spiro atoms. The normalized spacial score (nSPS) is 32.9. The molecule has 1 aliphatic rings. The number of hydrogen-bond donors (Lipinski definition) is 4. The van der Waals surface area contributed by atoms with Crippen LogP contribution >= 0.6 is 0 Å². The van der Waals surface area contributed by atoms with Gasteiger partial charge in [-0.3, -0.25) is 0 Å². The summed E-state index contributed by atoms with van der Waals surface area (Å²) in [6, 6.07) is 0. The molecule has 0 aliphatic carbocycles. The van der Waals surface area contributed by atoms with Crippen molar-refractivity contribution in [2.24, 2.45) is 0 Å². The molecule has 6 heteroatoms. The van der Waals surface area contributed by atoms with Gasteiger partial charge >= 0.3 is 0 Å². The average molecular weight is 334 g/mol. The second kappa shape index (κ2) is 11.3. The van der Waals surface area contributed by atoms with Gasteiger partial charge in [-0.05, 0) is 13.3 Å². The Kier molecular flexibility index (Phi) is 10.3. The van der Waals surface area contributed by atoms with E-state index in [1.807, 2.05) is 6.92 Å². The Hall–Kier alpha value is -0.240. The fourth-order valence-electron chi connectivity index (χ4n) is 2.87. The van der Waals surface area contributed by atoms with Crippen molar-refractivity contribution >= 4 is 0 Å². The molecule has 0 aromatic carbocycles. The number of hydrogen-bond acceptors (Lipinski definition) is 6. The molecular weight excluding hydrogens is 300 g/mol. The predicted molar refractivity (Wildman–Crippen MR) is 86.9 cm³/mol. The van der Waals surface area contributed by atoms with E-state index in [0.29, 0.717) is 0 Å². The van der Waals surface area contributed by atoms with Crippen LogP contribution in [-0.4, -0.2) is 63.8 Å². The molecule has 23 heavy (non-hydrogen) atoms. The summed E-state index contributed by atoms with van der Waals surface area (Å²) in [4.78, 5) is 0. The molecule has 6 nitrogen and oxygen atoms in total. The third kappa shape index (κ3) is 7.03. The van der Waals surface area contributed by atoms with Crippen LogP contribution in [-0.2, 0) is 9.47 Å². The fraction of sp³-hybridized carbons (Fsp3) is 1.00. The maximum Gasteiger partial charge on any atom is 0.186 e. The van der Waals surface area contributed by atoms with Gasteiger partial charge in [0.15, 0.2) is 6.29 Å². The Balaban J connectivity index is 2.23. The Morgan fingerprint density at radius 1 is 0.913 bits per heavy atom. The van der Waals surface area contributed by atoms with E-state index in [0.717, 1.165) is 19.3 Å². The molecule has 0 radical (unpaired) electrons. The number of ether oxygens (including phenoxy) is 2. The zero-order valence-electron chi connectivity index (χ0n) is 14.4. The highest BCUT2D eigenvalue weighted by Crippen LogP contribution is 2.24. The van der Waals surface area contributed by atoms with Crippen molar-refractivity contribution in [1.29, 1.82) is 0 Å². The van der Waals surface area contributed by atoms with Gasteiger partial charge in [-0.1, -0.05) is 51.9 Å². The minimum atomic E-state index is -1.38. The highest BCUT2D eigenvalue weighted by Gasteiger charge is 2.44. The summed E-state index contributed by atoms with van der Waals surface area (Å²) in [5.74, 6) is 0. The van der Waals surface area contributed by atoms with E-state index >= 15 is 0 Å². The van der Waals surface area contributed by atoms with Gasteiger partial charge in [-0.2, -0.15) is 0 Å². The number of unbranched alkanes of at least 4 members (excludes halogenated alkanes) is 6. The van der Waals surface area contributed by atoms with Crippen molar-refractivity contribution in [3.8, 4) is 0 Å². The van der Waals surface area contributed by atoms with Gasteiger partial charge in [0.25, 0.3) is 0 Å². The zero-order valence-corrected chi connectivity index (χ0v) is 14.4. The van der Waals surface area contributed by atoms with Crippen molar-refractivity contribution in [2.45, 2.75) is 102 Å². The van der Waals surface area contributed by atoms with E-state index < -0.39 is 37.3 Å². The van der Waals surface area contributed by atoms with Gasteiger partial charge in [0.05, 0.1) is 12.7 Å². The van der Waals surface area contributed by atoms with Gasteiger partial charge in [-0.25, -0.2) is 0 Å². The number of rotatable bonds is 11. The van der Waals surface area contributed by atoms with Crippen LogP contribution in [0, 0.1) is 0 Å². The highest BCUT2D eigenvalue weighted by atomic mass is 16.7. The lowest BCUT2D eigenvalue weighted by atomic mass is 9.99. The Morgan fingerprint density at radius 3 is 2.13 bits per heavy atom. The highest BCUT2D eigenvalue weighted by molar-refractivity contribution is 4.89. The van der Waals surface area contributed by atoms with Crippen LogP contribution in [0.1, 0.15) is 65.2 Å². The number of aliphatic hydroxyl groups is 4. The predicted octanol–water partition coefficient (Wildman–Crippen LogP) is 1.33. The molecule has 1 rings (SSSR count). The van der Waals surface area contributed by atoms with Crippen LogP contribution in [0.15, 0.2) is 0 Å². The molecule has 0 amide bonds. The summed E-state index contributed by atoms with van der Waals surface area (Å²) < 4.78 is 11.0. The molecule has 0 bridgehead atoms. The first-order valence-corrected chi connectivity index (χ1v) is 8.97. The Morgan fingerprint density at radius 2 is 1.52 bits per heavy atom. The van der Waals surface area contributed by atoms with Crippen molar-refractivity contribution in [1.82, 2.24) is 0 Å². The second-order valence-electron chi connectivity index (χ2n) is 6.55. The van der Waals surface area contributed by atoms with E-state index in [1.54, 1.807) is 0 Å². The topological polar surface area (TPSA) is 99.4 Å². The van der Waals surface area contributed by atoms with Crippen molar-refractivity contribution < 1.29 is 29.9 Å². The van der Waals surface area contributed by atoms with Gasteiger partial charge in [0, 0.05) is 0 Å². The molecule has 138 valence electrons. The molecule has 0 aromatic heterocycles. The monoisotopic (exact) mass is 334 g/mol. The average Bonchev–Trinajstić information content (AvgIpc) is 2.54. The SMILES string of the molecule is CCCCCCCCCC(C)O[C@@H]1O[C@H](CO)[C@@H](O)[C@H](O)[C@H]1O. The third-order valence-corrected chi connectivity index (χ3v) is 4.43. The van der Waals surface area contributed by atoms with Crippen molar-refractivity contribution in [3.63, 3.8) is 0 Å². The standard InChI is InChI=1S/C17H34O6/c1-3-4-5-6-7-8-9-10-12(2)22-17-16(21)15(20)14(19)13(11-18)23-17/h12-21H,3-11H2,1-2H3/t12?,13-,14-,15+,16-,17-/m1/s1. The smallest absolute Gasteiger partial charge is 0.186 e. The molecular formula is C17H34O6. The molecule has 1 fully saturated rings. The summed E-state index contributed by atoms with van der Waals surface area (Å²) in [7, 11) is 0. The first-order valence-electron chi connectivity index (χ1n) is 8.97. The number of aliphatic hydroxyl groups excluding tert-OH is 4. The van der Waals surface area contributed by atoms with Crippen LogP contribution in [0.4, 0.5) is 0 Å². The first kappa shape index (κ1) is 20.8. The molecule has 1 saturated heterocycles. The van der Waals surface area contributed by atoms with E-state index in [4.69, 9.17) is 14.6 Å². The summed E-state index contributed by atoms with van der Waals surface area (Å²) >= 11 is 0. The summed E-state index contributed by atoms with van der Waals surface area (Å²) in [5.41, 5.74) is 0. The van der Waals surface area contributed by atoms with Crippen LogP contribution in [0.25, 0.3) is 0 Å². The van der Waals surface area contributed by atoms with Crippen LogP contribution in [0.3, 0.4) is 0 Å². The van der Waals surface area contributed by atoms with E-state index in [9.17, 15) is 15.3 Å². The van der Waals surface area contributed by atoms with Crippen molar-refractivity contribution in [2.75, 3.05) is 6.61 Å². The Bertz CT molecular complexity index is 299. The van der Waals surface area contributed by atoms with Crippen LogP contribution < -0.4 is 0 Å². The molecule has 0 aromatic rings. The lowest BCUT2D eigenvalue weighted by Gasteiger charge is -2.40. The van der Waals surface area contributed by atoms with E-state index in [2.05, 4.69) is 6.92 Å². The zero-order chi connectivity index (χ0) is 17.2. The van der Waals surface area contributed by atoms with Gasteiger partial charge in [0.2, 0.25) is 0 Å². The van der Waals surface area contributed by atoms with Gasteiger partial charge in [0.1, 0.15) is 24.4 Å². The molecule has 1 unspecified atom stereocenters. The van der Waals surface area contributed by atoms with Gasteiger partial charge < -0.3 is 29.9 Å². The summed E-state index contributed by atoms with van der Waals surface area (Å²) in [6.07, 6.45) is 3.33. The summed E-state index contributed by atoms with van der Waals surface area (Å²) in [5, 5.41) is 38.5. The second-order valence-corrected chi connectivity index (χ2v) is 6.55. The van der Waals surface area contributed by atoms with E-state index in [-0.39, 0.29) is 6.10 Å².